The van der Waals surface area contributed by atoms with Crippen LogP contribution >= 0.6 is 0 Å². The molecule has 0 bridgehead atoms. The van der Waals surface area contributed by atoms with Crippen molar-refractivity contribution in [2.45, 2.75) is 25.7 Å². The Bertz CT molecular complexity index is 1100. The standard InChI is InChI=1S/C23H26N6O/c1-2-10-29(11-3-1)12-5-13-30-19-7-4-6-17(14-19)22-20-15-18(23-24-16-25-28-23)8-9-21(20)26-27-22/h4,6-9,14-16H,1-3,5,10-13H2,(H,26,27)(H,24,25,28). The van der Waals surface area contributed by atoms with Gasteiger partial charge in [-0.05, 0) is 62.7 Å². The molecule has 0 radical (unpaired) electrons. The van der Waals surface area contributed by atoms with Gasteiger partial charge in [0.2, 0.25) is 0 Å². The van der Waals surface area contributed by atoms with E-state index >= 15 is 0 Å². The Morgan fingerprint density at radius 2 is 1.90 bits per heavy atom. The fourth-order valence-corrected chi connectivity index (χ4v) is 4.12. The van der Waals surface area contributed by atoms with E-state index in [1.54, 1.807) is 0 Å². The number of aromatic amines is 2. The number of piperidine rings is 1. The molecular weight excluding hydrogens is 376 g/mol. The summed E-state index contributed by atoms with van der Waals surface area (Å²) in [6.45, 7) is 4.32. The molecule has 0 spiro atoms. The third-order valence-electron chi connectivity index (χ3n) is 5.69. The zero-order valence-corrected chi connectivity index (χ0v) is 17.0. The Labute approximate surface area is 175 Å². The van der Waals surface area contributed by atoms with Gasteiger partial charge in [-0.3, -0.25) is 10.2 Å². The highest BCUT2D eigenvalue weighted by Gasteiger charge is 2.12. The lowest BCUT2D eigenvalue weighted by molar-refractivity contribution is 0.205. The molecular formula is C23H26N6O. The van der Waals surface area contributed by atoms with Crippen LogP contribution in [-0.2, 0) is 0 Å². The zero-order valence-electron chi connectivity index (χ0n) is 17.0. The average Bonchev–Trinajstić information content (AvgIpc) is 3.47. The Morgan fingerprint density at radius 1 is 0.967 bits per heavy atom. The molecule has 1 saturated heterocycles. The quantitative estimate of drug-likeness (QED) is 0.451. The summed E-state index contributed by atoms with van der Waals surface area (Å²) in [5.41, 5.74) is 3.91. The number of nitrogens with one attached hydrogen (secondary N) is 2. The third kappa shape index (κ3) is 4.07. The van der Waals surface area contributed by atoms with Crippen molar-refractivity contribution in [3.05, 3.63) is 48.8 Å². The topological polar surface area (TPSA) is 82.7 Å². The van der Waals surface area contributed by atoms with Crippen LogP contribution in [0.1, 0.15) is 25.7 Å². The second kappa shape index (κ2) is 8.67. The average molecular weight is 403 g/mol. The van der Waals surface area contributed by atoms with Crippen LogP contribution in [0, 0.1) is 0 Å². The minimum Gasteiger partial charge on any atom is -0.494 e. The molecule has 0 aliphatic carbocycles. The van der Waals surface area contributed by atoms with Crippen molar-refractivity contribution < 1.29 is 4.74 Å². The first kappa shape index (κ1) is 18.8. The first-order valence-corrected chi connectivity index (χ1v) is 10.7. The van der Waals surface area contributed by atoms with E-state index in [0.29, 0.717) is 0 Å². The highest BCUT2D eigenvalue weighted by molar-refractivity contribution is 5.95. The minimum absolute atomic E-state index is 0.733. The molecule has 0 amide bonds. The van der Waals surface area contributed by atoms with Crippen LogP contribution < -0.4 is 4.74 Å². The monoisotopic (exact) mass is 402 g/mol. The lowest BCUT2D eigenvalue weighted by Gasteiger charge is -2.26. The third-order valence-corrected chi connectivity index (χ3v) is 5.69. The molecule has 7 heteroatoms. The van der Waals surface area contributed by atoms with Crippen molar-refractivity contribution in [2.24, 2.45) is 0 Å². The molecule has 2 aromatic heterocycles. The molecule has 2 aromatic carbocycles. The minimum atomic E-state index is 0.733. The summed E-state index contributed by atoms with van der Waals surface area (Å²) in [5.74, 6) is 1.63. The highest BCUT2D eigenvalue weighted by atomic mass is 16.5. The first-order valence-electron chi connectivity index (χ1n) is 10.7. The molecule has 1 fully saturated rings. The number of fused-ring (bicyclic) bond motifs is 1. The number of nitrogens with zero attached hydrogens (tertiary/aromatic N) is 4. The van der Waals surface area contributed by atoms with E-state index in [-0.39, 0.29) is 0 Å². The number of aromatic nitrogens is 5. The summed E-state index contributed by atoms with van der Waals surface area (Å²) in [7, 11) is 0. The smallest absolute Gasteiger partial charge is 0.155 e. The van der Waals surface area contributed by atoms with Crippen LogP contribution in [0.5, 0.6) is 5.75 Å². The van der Waals surface area contributed by atoms with Gasteiger partial charge in [0.15, 0.2) is 5.82 Å². The van der Waals surface area contributed by atoms with Crippen molar-refractivity contribution in [1.29, 1.82) is 0 Å². The van der Waals surface area contributed by atoms with Crippen LogP contribution in [0.25, 0.3) is 33.5 Å². The number of likely N-dealkylation sites (tertiary alicyclic amines) is 1. The summed E-state index contributed by atoms with van der Waals surface area (Å²) >= 11 is 0. The first-order chi connectivity index (χ1) is 14.9. The zero-order chi connectivity index (χ0) is 20.2. The van der Waals surface area contributed by atoms with Crippen molar-refractivity contribution in [1.82, 2.24) is 30.3 Å². The molecule has 0 saturated carbocycles. The molecule has 5 rings (SSSR count). The summed E-state index contributed by atoms with van der Waals surface area (Å²) in [6, 6.07) is 14.3. The number of hydrogen-bond acceptors (Lipinski definition) is 5. The SMILES string of the molecule is c1cc(OCCCN2CCCCC2)cc(-c2n[nH]c3ccc(-c4ncn[nH]4)cc23)c1. The fraction of sp³-hybridized carbons (Fsp3) is 0.348. The molecule has 4 aromatic rings. The van der Waals surface area contributed by atoms with Gasteiger partial charge in [0.25, 0.3) is 0 Å². The molecule has 30 heavy (non-hydrogen) atoms. The number of ether oxygens (including phenoxy) is 1. The van der Waals surface area contributed by atoms with E-state index in [0.717, 1.165) is 58.9 Å². The Hall–Kier alpha value is -3.19. The van der Waals surface area contributed by atoms with Crippen molar-refractivity contribution in [2.75, 3.05) is 26.2 Å². The molecule has 2 N–H and O–H groups in total. The molecule has 154 valence electrons. The number of benzene rings is 2. The second-order valence-electron chi connectivity index (χ2n) is 7.80. The number of H-pyrrole nitrogens is 2. The fourth-order valence-electron chi connectivity index (χ4n) is 4.12. The Kier molecular flexibility index (Phi) is 5.44. The summed E-state index contributed by atoms with van der Waals surface area (Å²) in [6.07, 6.45) is 6.61. The molecule has 3 heterocycles. The lowest BCUT2D eigenvalue weighted by Crippen LogP contribution is -2.31. The number of hydrogen-bond donors (Lipinski definition) is 2. The van der Waals surface area contributed by atoms with Gasteiger partial charge >= 0.3 is 0 Å². The van der Waals surface area contributed by atoms with Crippen LogP contribution in [0.3, 0.4) is 0 Å². The normalized spacial score (nSPS) is 14.9. The van der Waals surface area contributed by atoms with Crippen LogP contribution in [0.2, 0.25) is 0 Å². The predicted octanol–water partition coefficient (Wildman–Crippen LogP) is 4.27. The van der Waals surface area contributed by atoms with Gasteiger partial charge in [-0.25, -0.2) is 4.98 Å². The van der Waals surface area contributed by atoms with Crippen LogP contribution in [0.15, 0.2) is 48.8 Å². The maximum absolute atomic E-state index is 6.04. The van der Waals surface area contributed by atoms with Gasteiger partial charge < -0.3 is 9.64 Å². The van der Waals surface area contributed by atoms with Crippen molar-refractivity contribution >= 4 is 10.9 Å². The molecule has 7 nitrogen and oxygen atoms in total. The van der Waals surface area contributed by atoms with Gasteiger partial charge in [0.1, 0.15) is 17.8 Å². The maximum Gasteiger partial charge on any atom is 0.155 e. The van der Waals surface area contributed by atoms with E-state index < -0.39 is 0 Å². The van der Waals surface area contributed by atoms with Crippen LogP contribution in [-0.4, -0.2) is 56.5 Å². The predicted molar refractivity (Wildman–Crippen MR) is 117 cm³/mol. The van der Waals surface area contributed by atoms with E-state index in [1.165, 1.54) is 38.7 Å². The maximum atomic E-state index is 6.04. The molecule has 1 aliphatic rings. The van der Waals surface area contributed by atoms with Gasteiger partial charge in [-0.2, -0.15) is 10.2 Å². The molecule has 0 atom stereocenters. The van der Waals surface area contributed by atoms with Crippen LogP contribution in [0.4, 0.5) is 0 Å². The summed E-state index contributed by atoms with van der Waals surface area (Å²) < 4.78 is 6.04. The molecule has 1 aliphatic heterocycles. The van der Waals surface area contributed by atoms with Crippen molar-refractivity contribution in [3.8, 4) is 28.4 Å². The highest BCUT2D eigenvalue weighted by Crippen LogP contribution is 2.31. The van der Waals surface area contributed by atoms with E-state index in [4.69, 9.17) is 4.74 Å². The van der Waals surface area contributed by atoms with Gasteiger partial charge in [0, 0.05) is 23.1 Å². The Balaban J connectivity index is 1.30. The lowest BCUT2D eigenvalue weighted by atomic mass is 10.1. The van der Waals surface area contributed by atoms with E-state index in [9.17, 15) is 0 Å². The largest absolute Gasteiger partial charge is 0.494 e. The Morgan fingerprint density at radius 3 is 2.77 bits per heavy atom. The number of rotatable bonds is 7. The van der Waals surface area contributed by atoms with Gasteiger partial charge in [-0.1, -0.05) is 18.6 Å². The second-order valence-corrected chi connectivity index (χ2v) is 7.80. The van der Waals surface area contributed by atoms with E-state index in [1.807, 2.05) is 24.3 Å². The van der Waals surface area contributed by atoms with E-state index in [2.05, 4.69) is 48.5 Å². The van der Waals surface area contributed by atoms with Crippen molar-refractivity contribution in [3.63, 3.8) is 0 Å². The summed E-state index contributed by atoms with van der Waals surface area (Å²) in [4.78, 5) is 6.80. The molecule has 0 unspecified atom stereocenters. The summed E-state index contributed by atoms with van der Waals surface area (Å²) in [5, 5.41) is 15.6. The van der Waals surface area contributed by atoms with Gasteiger partial charge in [0.05, 0.1) is 12.1 Å². The van der Waals surface area contributed by atoms with Gasteiger partial charge in [-0.15, -0.1) is 0 Å².